The predicted octanol–water partition coefficient (Wildman–Crippen LogP) is 3.15. The molecular weight excluding hydrogens is 260 g/mol. The number of amides is 1. The van der Waals surface area contributed by atoms with Crippen LogP contribution in [0.4, 0.5) is 0 Å². The third kappa shape index (κ3) is 4.51. The van der Waals surface area contributed by atoms with Crippen molar-refractivity contribution in [3.8, 4) is 0 Å². The molecule has 0 aliphatic rings. The van der Waals surface area contributed by atoms with E-state index in [0.29, 0.717) is 6.54 Å². The monoisotopic (exact) mass is 282 g/mol. The zero-order chi connectivity index (χ0) is 14.5. The standard InChI is InChI=1S/C15H23ClN2O/c1-5-13(11-6-8-12(16)9-7-11)18-10-15(2,3)14(19)17-4/h6-9,13,18H,5,10H2,1-4H3,(H,17,19). The first kappa shape index (κ1) is 16.0. The van der Waals surface area contributed by atoms with Crippen LogP contribution >= 0.6 is 11.6 Å². The zero-order valence-electron chi connectivity index (χ0n) is 12.1. The summed E-state index contributed by atoms with van der Waals surface area (Å²) in [6, 6.07) is 8.07. The lowest BCUT2D eigenvalue weighted by atomic mass is 9.91. The summed E-state index contributed by atoms with van der Waals surface area (Å²) in [6.45, 7) is 6.63. The molecule has 106 valence electrons. The van der Waals surface area contributed by atoms with E-state index in [0.717, 1.165) is 11.4 Å². The lowest BCUT2D eigenvalue weighted by Gasteiger charge is -2.26. The van der Waals surface area contributed by atoms with Crippen LogP contribution in [0.3, 0.4) is 0 Å². The van der Waals surface area contributed by atoms with Gasteiger partial charge in [0.1, 0.15) is 0 Å². The van der Waals surface area contributed by atoms with Crippen molar-refractivity contribution >= 4 is 17.5 Å². The predicted molar refractivity (Wildman–Crippen MR) is 80.3 cm³/mol. The Kier molecular flexibility index (Phi) is 5.83. The van der Waals surface area contributed by atoms with E-state index in [1.165, 1.54) is 5.56 Å². The second-order valence-electron chi connectivity index (χ2n) is 5.36. The molecule has 0 saturated carbocycles. The fourth-order valence-electron chi connectivity index (χ4n) is 1.99. The summed E-state index contributed by atoms with van der Waals surface area (Å²) in [5.41, 5.74) is 0.772. The van der Waals surface area contributed by atoms with Gasteiger partial charge in [0.15, 0.2) is 0 Å². The minimum atomic E-state index is -0.422. The van der Waals surface area contributed by atoms with Gasteiger partial charge in [-0.15, -0.1) is 0 Å². The van der Waals surface area contributed by atoms with Crippen LogP contribution in [0.15, 0.2) is 24.3 Å². The minimum absolute atomic E-state index is 0.0472. The van der Waals surface area contributed by atoms with E-state index in [4.69, 9.17) is 11.6 Å². The van der Waals surface area contributed by atoms with Crippen molar-refractivity contribution in [3.63, 3.8) is 0 Å². The van der Waals surface area contributed by atoms with Crippen molar-refractivity contribution < 1.29 is 4.79 Å². The molecule has 0 aromatic heterocycles. The Hall–Kier alpha value is -1.06. The summed E-state index contributed by atoms with van der Waals surface area (Å²) in [5, 5.41) is 6.89. The second kappa shape index (κ2) is 6.92. The maximum Gasteiger partial charge on any atom is 0.226 e. The van der Waals surface area contributed by atoms with Gasteiger partial charge in [-0.25, -0.2) is 0 Å². The smallest absolute Gasteiger partial charge is 0.226 e. The molecule has 0 fully saturated rings. The average molecular weight is 283 g/mol. The number of benzene rings is 1. The summed E-state index contributed by atoms with van der Waals surface area (Å²) in [6.07, 6.45) is 0.964. The molecule has 0 bridgehead atoms. The van der Waals surface area contributed by atoms with E-state index in [2.05, 4.69) is 17.6 Å². The van der Waals surface area contributed by atoms with Crippen molar-refractivity contribution in [1.29, 1.82) is 0 Å². The Morgan fingerprint density at radius 1 is 1.32 bits per heavy atom. The summed E-state index contributed by atoms with van der Waals surface area (Å²) in [7, 11) is 1.67. The largest absolute Gasteiger partial charge is 0.359 e. The van der Waals surface area contributed by atoms with Crippen LogP contribution in [0, 0.1) is 5.41 Å². The molecule has 3 nitrogen and oxygen atoms in total. The maximum absolute atomic E-state index is 11.7. The average Bonchev–Trinajstić information content (AvgIpc) is 2.40. The Balaban J connectivity index is 2.68. The van der Waals surface area contributed by atoms with Crippen molar-refractivity contribution in [2.75, 3.05) is 13.6 Å². The van der Waals surface area contributed by atoms with Crippen molar-refractivity contribution in [2.24, 2.45) is 5.41 Å². The molecule has 19 heavy (non-hydrogen) atoms. The van der Waals surface area contributed by atoms with Gasteiger partial charge in [0.25, 0.3) is 0 Å². The van der Waals surface area contributed by atoms with Crippen LogP contribution in [-0.2, 0) is 4.79 Å². The maximum atomic E-state index is 11.7. The van der Waals surface area contributed by atoms with Gasteiger partial charge in [-0.05, 0) is 38.0 Å². The number of carbonyl (C=O) groups is 1. The molecule has 4 heteroatoms. The first-order valence-corrected chi connectivity index (χ1v) is 6.99. The molecule has 0 heterocycles. The highest BCUT2D eigenvalue weighted by Gasteiger charge is 2.27. The molecule has 1 atom stereocenters. The molecule has 1 aromatic rings. The van der Waals surface area contributed by atoms with E-state index >= 15 is 0 Å². The fraction of sp³-hybridized carbons (Fsp3) is 0.533. The van der Waals surface area contributed by atoms with Gasteiger partial charge < -0.3 is 10.6 Å². The number of nitrogens with one attached hydrogen (secondary N) is 2. The fourth-order valence-corrected chi connectivity index (χ4v) is 2.12. The van der Waals surface area contributed by atoms with Gasteiger partial charge in [-0.3, -0.25) is 4.79 Å². The SMILES string of the molecule is CCC(NCC(C)(C)C(=O)NC)c1ccc(Cl)cc1. The number of halogens is 1. The van der Waals surface area contributed by atoms with Crippen molar-refractivity contribution in [2.45, 2.75) is 33.2 Å². The van der Waals surface area contributed by atoms with Crippen LogP contribution < -0.4 is 10.6 Å². The number of hydrogen-bond donors (Lipinski definition) is 2. The summed E-state index contributed by atoms with van der Waals surface area (Å²) in [5.74, 6) is 0.0472. The normalized spacial score (nSPS) is 13.1. The van der Waals surface area contributed by atoms with Crippen LogP contribution in [0.1, 0.15) is 38.8 Å². The number of carbonyl (C=O) groups excluding carboxylic acids is 1. The van der Waals surface area contributed by atoms with Gasteiger partial charge in [0.05, 0.1) is 5.41 Å². The highest BCUT2D eigenvalue weighted by Crippen LogP contribution is 2.21. The highest BCUT2D eigenvalue weighted by atomic mass is 35.5. The van der Waals surface area contributed by atoms with Crippen LogP contribution in [0.25, 0.3) is 0 Å². The third-order valence-corrected chi connectivity index (χ3v) is 3.56. The number of rotatable bonds is 6. The lowest BCUT2D eigenvalue weighted by molar-refractivity contribution is -0.128. The molecule has 0 spiro atoms. The van der Waals surface area contributed by atoms with E-state index < -0.39 is 5.41 Å². The Bertz CT molecular complexity index is 415. The molecule has 0 radical (unpaired) electrons. The van der Waals surface area contributed by atoms with E-state index in [1.54, 1.807) is 7.05 Å². The van der Waals surface area contributed by atoms with Gasteiger partial charge in [0, 0.05) is 24.7 Å². The number of hydrogen-bond acceptors (Lipinski definition) is 2. The van der Waals surface area contributed by atoms with Crippen LogP contribution in [0.5, 0.6) is 0 Å². The summed E-state index contributed by atoms with van der Waals surface area (Å²) < 4.78 is 0. The quantitative estimate of drug-likeness (QED) is 0.841. The minimum Gasteiger partial charge on any atom is -0.359 e. The van der Waals surface area contributed by atoms with E-state index in [-0.39, 0.29) is 11.9 Å². The first-order valence-electron chi connectivity index (χ1n) is 6.61. The molecular formula is C15H23ClN2O. The molecule has 1 amide bonds. The topological polar surface area (TPSA) is 41.1 Å². The third-order valence-electron chi connectivity index (χ3n) is 3.31. The first-order chi connectivity index (χ1) is 8.90. The molecule has 0 aliphatic heterocycles. The summed E-state index contributed by atoms with van der Waals surface area (Å²) >= 11 is 5.90. The zero-order valence-corrected chi connectivity index (χ0v) is 12.8. The van der Waals surface area contributed by atoms with Crippen LogP contribution in [0.2, 0.25) is 5.02 Å². The summed E-state index contributed by atoms with van der Waals surface area (Å²) in [4.78, 5) is 11.7. The molecule has 1 unspecified atom stereocenters. The van der Waals surface area contributed by atoms with Crippen molar-refractivity contribution in [3.05, 3.63) is 34.9 Å². The Labute approximate surface area is 120 Å². The molecule has 1 aromatic carbocycles. The van der Waals surface area contributed by atoms with Gasteiger partial charge in [0.2, 0.25) is 5.91 Å². The molecule has 1 rings (SSSR count). The highest BCUT2D eigenvalue weighted by molar-refractivity contribution is 6.30. The second-order valence-corrected chi connectivity index (χ2v) is 5.79. The lowest BCUT2D eigenvalue weighted by Crippen LogP contribution is -2.42. The molecule has 2 N–H and O–H groups in total. The molecule has 0 saturated heterocycles. The van der Waals surface area contributed by atoms with Crippen molar-refractivity contribution in [1.82, 2.24) is 10.6 Å². The van der Waals surface area contributed by atoms with E-state index in [1.807, 2.05) is 38.1 Å². The van der Waals surface area contributed by atoms with Gasteiger partial charge in [-0.1, -0.05) is 30.7 Å². The van der Waals surface area contributed by atoms with E-state index in [9.17, 15) is 4.79 Å². The molecule has 0 aliphatic carbocycles. The van der Waals surface area contributed by atoms with Gasteiger partial charge in [-0.2, -0.15) is 0 Å². The van der Waals surface area contributed by atoms with Gasteiger partial charge >= 0.3 is 0 Å². The Morgan fingerprint density at radius 3 is 2.37 bits per heavy atom. The Morgan fingerprint density at radius 2 is 1.89 bits per heavy atom. The van der Waals surface area contributed by atoms with Crippen LogP contribution in [-0.4, -0.2) is 19.5 Å².